The van der Waals surface area contributed by atoms with Crippen molar-refractivity contribution in [2.24, 2.45) is 16.8 Å². The van der Waals surface area contributed by atoms with E-state index in [-0.39, 0.29) is 24.0 Å². The fourth-order valence-electron chi connectivity index (χ4n) is 3.38. The summed E-state index contributed by atoms with van der Waals surface area (Å²) < 4.78 is 5.47. The van der Waals surface area contributed by atoms with Crippen LogP contribution in [-0.4, -0.2) is 62.8 Å². The van der Waals surface area contributed by atoms with Crippen LogP contribution >= 0.6 is 24.0 Å². The SMILES string of the molecule is CCCC1CC1NC(=NC)NCC(C(C)C)N1CCOCC1.I. The van der Waals surface area contributed by atoms with Gasteiger partial charge in [-0.25, -0.2) is 0 Å². The number of aliphatic imine (C=N–C) groups is 1. The highest BCUT2D eigenvalue weighted by Crippen LogP contribution is 2.34. The zero-order chi connectivity index (χ0) is 15.9. The van der Waals surface area contributed by atoms with Crippen molar-refractivity contribution in [2.75, 3.05) is 39.9 Å². The van der Waals surface area contributed by atoms with E-state index >= 15 is 0 Å². The van der Waals surface area contributed by atoms with Crippen molar-refractivity contribution in [1.29, 1.82) is 0 Å². The predicted molar refractivity (Wildman–Crippen MR) is 108 cm³/mol. The third-order valence-corrected chi connectivity index (χ3v) is 4.89. The van der Waals surface area contributed by atoms with E-state index in [1.807, 2.05) is 7.05 Å². The highest BCUT2D eigenvalue weighted by molar-refractivity contribution is 14.0. The number of guanidine groups is 1. The topological polar surface area (TPSA) is 48.9 Å². The molecular weight excluding hydrogens is 403 g/mol. The Morgan fingerprint density at radius 3 is 2.57 bits per heavy atom. The second kappa shape index (κ2) is 10.7. The number of hydrogen-bond acceptors (Lipinski definition) is 3. The fourth-order valence-corrected chi connectivity index (χ4v) is 3.38. The molecule has 2 N–H and O–H groups in total. The molecule has 0 aromatic carbocycles. The summed E-state index contributed by atoms with van der Waals surface area (Å²) in [6, 6.07) is 1.17. The first kappa shape index (κ1) is 21.0. The van der Waals surface area contributed by atoms with E-state index in [9.17, 15) is 0 Å². The molecule has 0 spiro atoms. The van der Waals surface area contributed by atoms with Gasteiger partial charge < -0.3 is 15.4 Å². The maximum atomic E-state index is 5.47. The zero-order valence-corrected chi connectivity index (χ0v) is 17.5. The van der Waals surface area contributed by atoms with Crippen LogP contribution in [0.4, 0.5) is 0 Å². The lowest BCUT2D eigenvalue weighted by molar-refractivity contribution is 0.00752. The molecule has 1 heterocycles. The van der Waals surface area contributed by atoms with Gasteiger partial charge in [0, 0.05) is 38.8 Å². The average molecular weight is 438 g/mol. The van der Waals surface area contributed by atoms with E-state index in [0.29, 0.717) is 18.0 Å². The molecule has 0 amide bonds. The van der Waals surface area contributed by atoms with Crippen LogP contribution in [0.1, 0.15) is 40.0 Å². The molecule has 1 aliphatic carbocycles. The Bertz CT molecular complexity index is 359. The number of nitrogens with zero attached hydrogens (tertiary/aromatic N) is 2. The maximum Gasteiger partial charge on any atom is 0.191 e. The van der Waals surface area contributed by atoms with Crippen LogP contribution < -0.4 is 10.6 Å². The molecule has 5 nitrogen and oxygen atoms in total. The summed E-state index contributed by atoms with van der Waals surface area (Å²) in [7, 11) is 1.87. The first-order valence-electron chi connectivity index (χ1n) is 8.94. The monoisotopic (exact) mass is 438 g/mol. The summed E-state index contributed by atoms with van der Waals surface area (Å²) in [4.78, 5) is 6.94. The van der Waals surface area contributed by atoms with Gasteiger partial charge in [-0.15, -0.1) is 24.0 Å². The minimum absolute atomic E-state index is 0. The first-order chi connectivity index (χ1) is 10.7. The molecular formula is C17H35IN4O. The summed E-state index contributed by atoms with van der Waals surface area (Å²) in [6.45, 7) is 11.6. The summed E-state index contributed by atoms with van der Waals surface area (Å²) in [5, 5.41) is 7.11. The Morgan fingerprint density at radius 1 is 1.30 bits per heavy atom. The summed E-state index contributed by atoms with van der Waals surface area (Å²) in [5.74, 6) is 2.43. The molecule has 1 saturated carbocycles. The van der Waals surface area contributed by atoms with Gasteiger partial charge in [0.2, 0.25) is 0 Å². The maximum absolute atomic E-state index is 5.47. The van der Waals surface area contributed by atoms with Crippen molar-refractivity contribution in [1.82, 2.24) is 15.5 Å². The second-order valence-electron chi connectivity index (χ2n) is 6.95. The quantitative estimate of drug-likeness (QED) is 0.364. The molecule has 136 valence electrons. The van der Waals surface area contributed by atoms with Crippen LogP contribution in [0.2, 0.25) is 0 Å². The predicted octanol–water partition coefficient (Wildman–Crippen LogP) is 2.31. The van der Waals surface area contributed by atoms with E-state index in [0.717, 1.165) is 44.7 Å². The van der Waals surface area contributed by atoms with Crippen LogP contribution in [0.3, 0.4) is 0 Å². The third-order valence-electron chi connectivity index (χ3n) is 4.89. The molecule has 2 fully saturated rings. The minimum atomic E-state index is 0. The van der Waals surface area contributed by atoms with Gasteiger partial charge in [0.25, 0.3) is 0 Å². The lowest BCUT2D eigenvalue weighted by Crippen LogP contribution is -2.52. The van der Waals surface area contributed by atoms with Gasteiger partial charge in [0.15, 0.2) is 5.96 Å². The van der Waals surface area contributed by atoms with E-state index in [2.05, 4.69) is 41.3 Å². The fraction of sp³-hybridized carbons (Fsp3) is 0.941. The summed E-state index contributed by atoms with van der Waals surface area (Å²) in [6.07, 6.45) is 3.91. The van der Waals surface area contributed by atoms with Gasteiger partial charge in [-0.3, -0.25) is 9.89 Å². The standard InChI is InChI=1S/C17H34N4O.HI/c1-5-6-14-11-15(14)20-17(18-4)19-12-16(13(2)3)21-7-9-22-10-8-21;/h13-16H,5-12H2,1-4H3,(H2,18,19,20);1H. The Hall–Kier alpha value is -0.0800. The van der Waals surface area contributed by atoms with Crippen LogP contribution in [0, 0.1) is 11.8 Å². The zero-order valence-electron chi connectivity index (χ0n) is 15.2. The molecule has 0 bridgehead atoms. The van der Waals surface area contributed by atoms with E-state index in [4.69, 9.17) is 4.74 Å². The van der Waals surface area contributed by atoms with Crippen molar-refractivity contribution >= 4 is 29.9 Å². The lowest BCUT2D eigenvalue weighted by atomic mass is 10.0. The molecule has 23 heavy (non-hydrogen) atoms. The van der Waals surface area contributed by atoms with Crippen molar-refractivity contribution in [3.05, 3.63) is 0 Å². The van der Waals surface area contributed by atoms with Crippen LogP contribution in [-0.2, 0) is 4.74 Å². The molecule has 6 heteroatoms. The number of halogens is 1. The smallest absolute Gasteiger partial charge is 0.191 e. The molecule has 0 radical (unpaired) electrons. The minimum Gasteiger partial charge on any atom is -0.379 e. The van der Waals surface area contributed by atoms with Crippen molar-refractivity contribution in [2.45, 2.75) is 52.1 Å². The molecule has 1 aliphatic heterocycles. The molecule has 3 unspecified atom stereocenters. The highest BCUT2D eigenvalue weighted by Gasteiger charge is 2.36. The summed E-state index contributed by atoms with van der Waals surface area (Å²) in [5.41, 5.74) is 0. The Morgan fingerprint density at radius 2 is 2.00 bits per heavy atom. The number of nitrogens with one attached hydrogen (secondary N) is 2. The Labute approximate surface area is 159 Å². The van der Waals surface area contributed by atoms with E-state index in [1.54, 1.807) is 0 Å². The molecule has 2 rings (SSSR count). The number of morpholine rings is 1. The summed E-state index contributed by atoms with van der Waals surface area (Å²) >= 11 is 0. The van der Waals surface area contributed by atoms with E-state index in [1.165, 1.54) is 19.3 Å². The average Bonchev–Trinajstić information content (AvgIpc) is 3.25. The largest absolute Gasteiger partial charge is 0.379 e. The van der Waals surface area contributed by atoms with Crippen LogP contribution in [0.25, 0.3) is 0 Å². The number of rotatable bonds is 7. The van der Waals surface area contributed by atoms with Crippen molar-refractivity contribution in [3.63, 3.8) is 0 Å². The number of hydrogen-bond donors (Lipinski definition) is 2. The lowest BCUT2D eigenvalue weighted by Gasteiger charge is -2.37. The van der Waals surface area contributed by atoms with Gasteiger partial charge in [-0.1, -0.05) is 27.2 Å². The van der Waals surface area contributed by atoms with Gasteiger partial charge >= 0.3 is 0 Å². The molecule has 3 atom stereocenters. The van der Waals surface area contributed by atoms with Crippen molar-refractivity contribution < 1.29 is 4.74 Å². The molecule has 0 aromatic rings. The Kier molecular flexibility index (Phi) is 9.77. The third kappa shape index (κ3) is 6.74. The van der Waals surface area contributed by atoms with Gasteiger partial charge in [-0.2, -0.15) is 0 Å². The molecule has 2 aliphatic rings. The Balaban J connectivity index is 0.00000264. The first-order valence-corrected chi connectivity index (χ1v) is 8.94. The number of ether oxygens (including phenoxy) is 1. The molecule has 0 aromatic heterocycles. The highest BCUT2D eigenvalue weighted by atomic mass is 127. The van der Waals surface area contributed by atoms with Crippen LogP contribution in [0.15, 0.2) is 4.99 Å². The normalized spacial score (nSPS) is 26.6. The van der Waals surface area contributed by atoms with Crippen molar-refractivity contribution in [3.8, 4) is 0 Å². The van der Waals surface area contributed by atoms with Gasteiger partial charge in [0.05, 0.1) is 13.2 Å². The molecule has 1 saturated heterocycles. The van der Waals surface area contributed by atoms with Gasteiger partial charge in [-0.05, 0) is 24.7 Å². The van der Waals surface area contributed by atoms with Crippen LogP contribution in [0.5, 0.6) is 0 Å². The van der Waals surface area contributed by atoms with E-state index < -0.39 is 0 Å². The second-order valence-corrected chi connectivity index (χ2v) is 6.95. The van der Waals surface area contributed by atoms with Gasteiger partial charge in [0.1, 0.15) is 0 Å².